The number of rotatable bonds is 4. The van der Waals surface area contributed by atoms with Gasteiger partial charge in [0.05, 0.1) is 16.8 Å². The van der Waals surface area contributed by atoms with Crippen molar-refractivity contribution in [1.29, 1.82) is 0 Å². The summed E-state index contributed by atoms with van der Waals surface area (Å²) in [5.74, 6) is 0. The van der Waals surface area contributed by atoms with Crippen molar-refractivity contribution in [2.75, 3.05) is 6.61 Å². The molecule has 21 heavy (non-hydrogen) atoms. The van der Waals surface area contributed by atoms with Gasteiger partial charge in [0, 0.05) is 23.9 Å². The predicted molar refractivity (Wildman–Crippen MR) is 88.0 cm³/mol. The van der Waals surface area contributed by atoms with E-state index in [1.165, 1.54) is 34.8 Å². The van der Waals surface area contributed by atoms with Crippen molar-refractivity contribution in [2.24, 2.45) is 0 Å². The lowest BCUT2D eigenvalue weighted by atomic mass is 9.79. The van der Waals surface area contributed by atoms with Gasteiger partial charge < -0.3 is 10.1 Å². The second kappa shape index (κ2) is 5.64. The second-order valence-corrected chi connectivity index (χ2v) is 8.29. The van der Waals surface area contributed by atoms with E-state index < -0.39 is 0 Å². The third-order valence-electron chi connectivity index (χ3n) is 4.97. The third kappa shape index (κ3) is 2.90. The summed E-state index contributed by atoms with van der Waals surface area (Å²) in [6.07, 6.45) is 6.81. The smallest absolute Gasteiger partial charge is 0.113 e. The van der Waals surface area contributed by atoms with Gasteiger partial charge in [-0.15, -0.1) is 11.3 Å². The van der Waals surface area contributed by atoms with Gasteiger partial charge in [0.2, 0.25) is 0 Å². The first-order chi connectivity index (χ1) is 9.96. The Balaban J connectivity index is 1.96. The second-order valence-electron chi connectivity index (χ2n) is 7.20. The number of hydrogen-bond donors (Lipinski definition) is 1. The molecule has 1 N–H and O–H groups in total. The van der Waals surface area contributed by atoms with Gasteiger partial charge >= 0.3 is 0 Å². The minimum Gasteiger partial charge on any atom is -0.375 e. The highest BCUT2D eigenvalue weighted by Gasteiger charge is 2.46. The number of aryl methyl sites for hydroxylation is 2. The van der Waals surface area contributed by atoms with Crippen LogP contribution < -0.4 is 5.32 Å². The first-order valence-electron chi connectivity index (χ1n) is 8.37. The SMILES string of the molecule is CCC1(C)CC(NC(C)C)(c2nc3c(s2)CCC3)CCO1. The van der Waals surface area contributed by atoms with E-state index in [1.807, 2.05) is 11.3 Å². The van der Waals surface area contributed by atoms with E-state index in [-0.39, 0.29) is 11.1 Å². The Labute approximate surface area is 132 Å². The molecule has 0 saturated carbocycles. The van der Waals surface area contributed by atoms with Gasteiger partial charge in [-0.05, 0) is 52.9 Å². The van der Waals surface area contributed by atoms with Crippen LogP contribution >= 0.6 is 11.3 Å². The van der Waals surface area contributed by atoms with E-state index >= 15 is 0 Å². The molecule has 2 aliphatic rings. The fourth-order valence-electron chi connectivity index (χ4n) is 3.79. The van der Waals surface area contributed by atoms with Gasteiger partial charge in [-0.3, -0.25) is 0 Å². The van der Waals surface area contributed by atoms with Gasteiger partial charge in [-0.25, -0.2) is 4.98 Å². The Bertz CT molecular complexity index is 491. The van der Waals surface area contributed by atoms with Crippen LogP contribution in [0.15, 0.2) is 0 Å². The number of nitrogens with zero attached hydrogens (tertiary/aromatic N) is 1. The number of ether oxygens (including phenoxy) is 1. The average molecular weight is 308 g/mol. The van der Waals surface area contributed by atoms with E-state index in [2.05, 4.69) is 33.0 Å². The zero-order valence-electron chi connectivity index (χ0n) is 13.8. The van der Waals surface area contributed by atoms with Crippen LogP contribution in [-0.2, 0) is 23.1 Å². The minimum atomic E-state index is -0.0315. The van der Waals surface area contributed by atoms with E-state index in [0.29, 0.717) is 6.04 Å². The van der Waals surface area contributed by atoms with Crippen molar-refractivity contribution < 1.29 is 4.74 Å². The largest absolute Gasteiger partial charge is 0.375 e. The van der Waals surface area contributed by atoms with Crippen molar-refractivity contribution in [3.8, 4) is 0 Å². The molecule has 0 radical (unpaired) electrons. The number of nitrogens with one attached hydrogen (secondary N) is 1. The molecule has 1 aromatic heterocycles. The Kier molecular flexibility index (Phi) is 4.15. The van der Waals surface area contributed by atoms with Crippen molar-refractivity contribution in [3.63, 3.8) is 0 Å². The summed E-state index contributed by atoms with van der Waals surface area (Å²) in [4.78, 5) is 6.57. The van der Waals surface area contributed by atoms with Gasteiger partial charge in [0.25, 0.3) is 0 Å². The molecule has 118 valence electrons. The molecule has 1 aliphatic heterocycles. The normalized spacial score (nSPS) is 32.6. The lowest BCUT2D eigenvalue weighted by Gasteiger charge is -2.46. The van der Waals surface area contributed by atoms with Gasteiger partial charge in [-0.2, -0.15) is 0 Å². The molecular weight excluding hydrogens is 280 g/mol. The maximum absolute atomic E-state index is 6.09. The molecule has 2 heterocycles. The van der Waals surface area contributed by atoms with Crippen LogP contribution in [0.3, 0.4) is 0 Å². The van der Waals surface area contributed by atoms with Crippen molar-refractivity contribution in [2.45, 2.75) is 83.4 Å². The van der Waals surface area contributed by atoms with E-state index in [4.69, 9.17) is 9.72 Å². The lowest BCUT2D eigenvalue weighted by Crippen LogP contribution is -2.55. The van der Waals surface area contributed by atoms with Crippen molar-refractivity contribution in [1.82, 2.24) is 10.3 Å². The molecular formula is C17H28N2OS. The van der Waals surface area contributed by atoms with Crippen LogP contribution in [0.2, 0.25) is 0 Å². The van der Waals surface area contributed by atoms with Crippen LogP contribution in [0.4, 0.5) is 0 Å². The number of aromatic nitrogens is 1. The maximum atomic E-state index is 6.09. The number of hydrogen-bond acceptors (Lipinski definition) is 4. The number of thiazole rings is 1. The quantitative estimate of drug-likeness (QED) is 0.918. The molecule has 1 aliphatic carbocycles. The molecule has 3 nitrogen and oxygen atoms in total. The molecule has 0 bridgehead atoms. The zero-order valence-corrected chi connectivity index (χ0v) is 14.6. The molecule has 1 saturated heterocycles. The zero-order chi connectivity index (χ0) is 15.1. The summed E-state index contributed by atoms with van der Waals surface area (Å²) in [5.41, 5.74) is 1.34. The summed E-state index contributed by atoms with van der Waals surface area (Å²) < 4.78 is 6.09. The molecule has 0 spiro atoms. The van der Waals surface area contributed by atoms with Gasteiger partial charge in [-0.1, -0.05) is 6.92 Å². The minimum absolute atomic E-state index is 0.00613. The first-order valence-corrected chi connectivity index (χ1v) is 9.19. The molecule has 4 heteroatoms. The van der Waals surface area contributed by atoms with Crippen LogP contribution in [0.5, 0.6) is 0 Å². The van der Waals surface area contributed by atoms with E-state index in [0.717, 1.165) is 25.9 Å². The molecule has 0 amide bonds. The van der Waals surface area contributed by atoms with Gasteiger partial charge in [0.1, 0.15) is 5.01 Å². The van der Waals surface area contributed by atoms with Crippen LogP contribution in [-0.4, -0.2) is 23.2 Å². The third-order valence-corrected chi connectivity index (χ3v) is 6.33. The molecule has 1 fully saturated rings. The first kappa shape index (κ1) is 15.4. The highest BCUT2D eigenvalue weighted by atomic mass is 32.1. The summed E-state index contributed by atoms with van der Waals surface area (Å²) in [6.45, 7) is 9.79. The molecule has 2 atom stereocenters. The fraction of sp³-hybridized carbons (Fsp3) is 0.824. The average Bonchev–Trinajstić information content (AvgIpc) is 2.98. The molecule has 2 unspecified atom stereocenters. The van der Waals surface area contributed by atoms with Gasteiger partial charge in [0.15, 0.2) is 0 Å². The Morgan fingerprint density at radius 2 is 2.19 bits per heavy atom. The van der Waals surface area contributed by atoms with Crippen molar-refractivity contribution in [3.05, 3.63) is 15.6 Å². The fourth-order valence-corrected chi connectivity index (χ4v) is 5.12. The van der Waals surface area contributed by atoms with Crippen LogP contribution in [0, 0.1) is 0 Å². The summed E-state index contributed by atoms with van der Waals surface area (Å²) in [5, 5.41) is 5.17. The maximum Gasteiger partial charge on any atom is 0.113 e. The predicted octanol–water partition coefficient (Wildman–Crippen LogP) is 3.80. The highest BCUT2D eigenvalue weighted by molar-refractivity contribution is 7.12. The van der Waals surface area contributed by atoms with Crippen LogP contribution in [0.25, 0.3) is 0 Å². The summed E-state index contributed by atoms with van der Waals surface area (Å²) in [7, 11) is 0. The Morgan fingerprint density at radius 3 is 2.86 bits per heavy atom. The summed E-state index contributed by atoms with van der Waals surface area (Å²) in [6, 6.07) is 0.461. The Morgan fingerprint density at radius 1 is 1.38 bits per heavy atom. The lowest BCUT2D eigenvalue weighted by molar-refractivity contribution is -0.105. The summed E-state index contributed by atoms with van der Waals surface area (Å²) >= 11 is 1.95. The van der Waals surface area contributed by atoms with Crippen LogP contribution in [0.1, 0.15) is 69.0 Å². The molecule has 0 aromatic carbocycles. The molecule has 1 aromatic rings. The van der Waals surface area contributed by atoms with E-state index in [1.54, 1.807) is 0 Å². The Hall–Kier alpha value is -0.450. The number of fused-ring (bicyclic) bond motifs is 1. The highest BCUT2D eigenvalue weighted by Crippen LogP contribution is 2.44. The van der Waals surface area contributed by atoms with Crippen molar-refractivity contribution >= 4 is 11.3 Å². The molecule has 3 rings (SSSR count). The monoisotopic (exact) mass is 308 g/mol. The topological polar surface area (TPSA) is 34.2 Å². The standard InChI is InChI=1S/C17H28N2OS/c1-5-16(4)11-17(9-10-20-16,19-12(2)3)15-18-13-7-6-8-14(13)21-15/h12,19H,5-11H2,1-4H3. The van der Waals surface area contributed by atoms with E-state index in [9.17, 15) is 0 Å².